The number of thiazole rings is 1. The number of carbonyl (C=O) groups is 1. The smallest absolute Gasteiger partial charge is 0.260 e. The Bertz CT molecular complexity index is 728. The van der Waals surface area contributed by atoms with Gasteiger partial charge in [0.2, 0.25) is 0 Å². The van der Waals surface area contributed by atoms with Crippen molar-refractivity contribution in [2.75, 3.05) is 7.11 Å². The maximum Gasteiger partial charge on any atom is 0.260 e. The minimum Gasteiger partial charge on any atom is -0.497 e. The number of Topliss-reactive ketones (excluding diaryl/α,β-unsaturated/α-hetero) is 1. The van der Waals surface area contributed by atoms with Crippen molar-refractivity contribution in [2.24, 2.45) is 5.92 Å². The standard InChI is InChI=1S/C14H14N2O3S/c1-8-13(12(18)9-3-4-9)20-14(15-8)16-6-5-10(19-2)7-11(16)17/h5-7,9H,3-4H2,1-2H3. The highest BCUT2D eigenvalue weighted by Crippen LogP contribution is 2.35. The van der Waals surface area contributed by atoms with Crippen LogP contribution in [0.25, 0.3) is 5.13 Å². The van der Waals surface area contributed by atoms with Gasteiger partial charge in [-0.15, -0.1) is 0 Å². The first kappa shape index (κ1) is 13.1. The first-order valence-electron chi connectivity index (χ1n) is 6.39. The van der Waals surface area contributed by atoms with Crippen LogP contribution in [-0.2, 0) is 0 Å². The van der Waals surface area contributed by atoms with Crippen LogP contribution in [-0.4, -0.2) is 22.4 Å². The quantitative estimate of drug-likeness (QED) is 0.810. The molecule has 0 spiro atoms. The molecule has 0 aromatic carbocycles. The van der Waals surface area contributed by atoms with E-state index in [0.29, 0.717) is 21.5 Å². The molecule has 2 aromatic heterocycles. The van der Waals surface area contributed by atoms with E-state index in [1.54, 1.807) is 12.3 Å². The van der Waals surface area contributed by atoms with E-state index >= 15 is 0 Å². The average Bonchev–Trinajstić information content (AvgIpc) is 3.21. The number of methoxy groups -OCH3 is 1. The monoisotopic (exact) mass is 290 g/mol. The molecule has 1 aliphatic carbocycles. The Balaban J connectivity index is 2.00. The average molecular weight is 290 g/mol. The van der Waals surface area contributed by atoms with E-state index in [-0.39, 0.29) is 17.3 Å². The van der Waals surface area contributed by atoms with Gasteiger partial charge >= 0.3 is 0 Å². The highest BCUT2D eigenvalue weighted by Gasteiger charge is 2.33. The molecule has 6 heteroatoms. The fourth-order valence-corrected chi connectivity index (χ4v) is 3.07. The Hall–Kier alpha value is -1.95. The molecule has 2 heterocycles. The summed E-state index contributed by atoms with van der Waals surface area (Å²) < 4.78 is 6.44. The third-order valence-electron chi connectivity index (χ3n) is 3.29. The number of nitrogens with zero attached hydrogens (tertiary/aromatic N) is 2. The van der Waals surface area contributed by atoms with E-state index < -0.39 is 0 Å². The summed E-state index contributed by atoms with van der Waals surface area (Å²) in [4.78, 5) is 29.1. The van der Waals surface area contributed by atoms with Gasteiger partial charge in [0.25, 0.3) is 5.56 Å². The van der Waals surface area contributed by atoms with E-state index in [1.165, 1.54) is 29.1 Å². The lowest BCUT2D eigenvalue weighted by molar-refractivity contribution is 0.0971. The van der Waals surface area contributed by atoms with Gasteiger partial charge < -0.3 is 4.74 Å². The Morgan fingerprint density at radius 3 is 2.85 bits per heavy atom. The molecule has 0 N–H and O–H groups in total. The molecule has 0 amide bonds. The predicted octanol–water partition coefficient (Wildman–Crippen LogP) is 2.20. The minimum atomic E-state index is -0.219. The first-order valence-corrected chi connectivity index (χ1v) is 7.20. The van der Waals surface area contributed by atoms with Crippen molar-refractivity contribution >= 4 is 17.1 Å². The molecule has 0 saturated heterocycles. The molecule has 0 aliphatic heterocycles. The Morgan fingerprint density at radius 2 is 2.25 bits per heavy atom. The molecule has 2 aromatic rings. The van der Waals surface area contributed by atoms with Gasteiger partial charge in [-0.3, -0.25) is 14.2 Å². The van der Waals surface area contributed by atoms with E-state index in [1.807, 2.05) is 6.92 Å². The topological polar surface area (TPSA) is 61.2 Å². The molecule has 104 valence electrons. The summed E-state index contributed by atoms with van der Waals surface area (Å²) in [5.74, 6) is 0.830. The van der Waals surface area contributed by atoms with Crippen LogP contribution in [0.4, 0.5) is 0 Å². The molecule has 0 unspecified atom stereocenters. The van der Waals surface area contributed by atoms with Gasteiger partial charge in [-0.25, -0.2) is 4.98 Å². The SMILES string of the molecule is COc1ccn(-c2nc(C)c(C(=O)C3CC3)s2)c(=O)c1. The van der Waals surface area contributed by atoms with Crippen LogP contribution in [0.1, 0.15) is 28.2 Å². The lowest BCUT2D eigenvalue weighted by Gasteiger charge is -2.02. The molecule has 0 atom stereocenters. The lowest BCUT2D eigenvalue weighted by Crippen LogP contribution is -2.16. The van der Waals surface area contributed by atoms with Gasteiger partial charge in [0, 0.05) is 18.2 Å². The fraction of sp³-hybridized carbons (Fsp3) is 0.357. The number of ether oxygens (including phenoxy) is 1. The number of hydrogen-bond donors (Lipinski definition) is 0. The molecule has 1 fully saturated rings. The highest BCUT2D eigenvalue weighted by atomic mass is 32.1. The van der Waals surface area contributed by atoms with Crippen LogP contribution in [0, 0.1) is 12.8 Å². The number of carbonyl (C=O) groups excluding carboxylic acids is 1. The largest absolute Gasteiger partial charge is 0.497 e. The zero-order chi connectivity index (χ0) is 14.3. The third kappa shape index (κ3) is 2.27. The van der Waals surface area contributed by atoms with Gasteiger partial charge in [-0.2, -0.15) is 0 Å². The number of ketones is 1. The first-order chi connectivity index (χ1) is 9.60. The lowest BCUT2D eigenvalue weighted by atomic mass is 10.2. The number of aryl methyl sites for hydroxylation is 1. The molecule has 1 saturated carbocycles. The molecule has 20 heavy (non-hydrogen) atoms. The second-order valence-corrected chi connectivity index (χ2v) is 5.80. The van der Waals surface area contributed by atoms with Gasteiger partial charge in [-0.1, -0.05) is 11.3 Å². The molecular weight excluding hydrogens is 276 g/mol. The highest BCUT2D eigenvalue weighted by molar-refractivity contribution is 7.16. The maximum atomic E-state index is 12.1. The summed E-state index contributed by atoms with van der Waals surface area (Å²) in [7, 11) is 1.51. The van der Waals surface area contributed by atoms with E-state index in [0.717, 1.165) is 12.8 Å². The Morgan fingerprint density at radius 1 is 1.50 bits per heavy atom. The van der Waals surface area contributed by atoms with Gasteiger partial charge in [0.15, 0.2) is 10.9 Å². The van der Waals surface area contributed by atoms with Crippen LogP contribution >= 0.6 is 11.3 Å². The number of aromatic nitrogens is 2. The van der Waals surface area contributed by atoms with E-state index in [4.69, 9.17) is 4.74 Å². The van der Waals surface area contributed by atoms with Crippen molar-refractivity contribution in [3.8, 4) is 10.9 Å². The Labute approximate surface area is 119 Å². The Kier molecular flexibility index (Phi) is 3.17. The summed E-state index contributed by atoms with van der Waals surface area (Å²) in [5.41, 5.74) is 0.480. The van der Waals surface area contributed by atoms with E-state index in [9.17, 15) is 9.59 Å². The molecule has 0 bridgehead atoms. The second-order valence-electron chi connectivity index (χ2n) is 4.82. The molecule has 5 nitrogen and oxygen atoms in total. The van der Waals surface area contributed by atoms with Crippen LogP contribution in [0.15, 0.2) is 23.1 Å². The number of pyridine rings is 1. The minimum absolute atomic E-state index is 0.160. The zero-order valence-corrected chi connectivity index (χ0v) is 12.1. The van der Waals surface area contributed by atoms with Crippen LogP contribution in [0.3, 0.4) is 0 Å². The molecule has 3 rings (SSSR count). The summed E-state index contributed by atoms with van der Waals surface area (Å²) in [6.07, 6.45) is 3.55. The van der Waals surface area contributed by atoms with Gasteiger partial charge in [0.1, 0.15) is 5.75 Å². The molecular formula is C14H14N2O3S. The van der Waals surface area contributed by atoms with Crippen LogP contribution in [0.5, 0.6) is 5.75 Å². The van der Waals surface area contributed by atoms with Crippen molar-refractivity contribution in [3.63, 3.8) is 0 Å². The number of rotatable bonds is 4. The van der Waals surface area contributed by atoms with Gasteiger partial charge in [0.05, 0.1) is 17.7 Å². The van der Waals surface area contributed by atoms with E-state index in [2.05, 4.69) is 4.98 Å². The molecule has 1 aliphatic rings. The van der Waals surface area contributed by atoms with Crippen molar-refractivity contribution in [2.45, 2.75) is 19.8 Å². The summed E-state index contributed by atoms with van der Waals surface area (Å²) in [6, 6.07) is 3.10. The zero-order valence-electron chi connectivity index (χ0n) is 11.3. The van der Waals surface area contributed by atoms with Crippen molar-refractivity contribution in [1.29, 1.82) is 0 Å². The maximum absolute atomic E-state index is 12.1. The van der Waals surface area contributed by atoms with Crippen molar-refractivity contribution < 1.29 is 9.53 Å². The normalized spacial score (nSPS) is 14.3. The van der Waals surface area contributed by atoms with Crippen molar-refractivity contribution in [1.82, 2.24) is 9.55 Å². The fourth-order valence-electron chi connectivity index (χ4n) is 1.99. The van der Waals surface area contributed by atoms with Crippen LogP contribution in [0.2, 0.25) is 0 Å². The van der Waals surface area contributed by atoms with Gasteiger partial charge in [-0.05, 0) is 25.8 Å². The van der Waals surface area contributed by atoms with Crippen molar-refractivity contribution in [3.05, 3.63) is 39.3 Å². The van der Waals surface area contributed by atoms with Crippen LogP contribution < -0.4 is 10.3 Å². The second kappa shape index (κ2) is 4.86. The summed E-state index contributed by atoms with van der Waals surface area (Å²) in [5, 5.41) is 0.527. The summed E-state index contributed by atoms with van der Waals surface area (Å²) in [6.45, 7) is 1.81. The number of hydrogen-bond acceptors (Lipinski definition) is 5. The predicted molar refractivity (Wildman–Crippen MR) is 76.1 cm³/mol. The summed E-state index contributed by atoms with van der Waals surface area (Å²) >= 11 is 1.28. The molecule has 0 radical (unpaired) electrons. The third-order valence-corrected chi connectivity index (χ3v) is 4.46.